The van der Waals surface area contributed by atoms with Crippen LogP contribution in [-0.4, -0.2) is 21.7 Å². The van der Waals surface area contributed by atoms with Crippen molar-refractivity contribution in [1.82, 2.24) is 0 Å². The van der Waals surface area contributed by atoms with E-state index < -0.39 is 8.25 Å². The summed E-state index contributed by atoms with van der Waals surface area (Å²) in [6, 6.07) is 4.53. The molecule has 0 aliphatic carbocycles. The minimum Gasteiger partial charge on any atom is -0.504 e. The lowest BCUT2D eigenvalue weighted by Gasteiger charge is -2.01. The van der Waals surface area contributed by atoms with Gasteiger partial charge in [0, 0.05) is 4.57 Å². The molecule has 82 valence electrons. The zero-order chi connectivity index (χ0) is 11.3. The first-order valence-electron chi connectivity index (χ1n) is 4.39. The van der Waals surface area contributed by atoms with E-state index in [4.69, 9.17) is 10.00 Å². The van der Waals surface area contributed by atoms with Crippen LogP contribution in [0.25, 0.3) is 0 Å². The Hall–Kier alpha value is -1.16. The predicted octanol–water partition coefficient (Wildman–Crippen LogP) is 1.70. The van der Waals surface area contributed by atoms with E-state index in [1.807, 2.05) is 0 Å². The summed E-state index contributed by atoms with van der Waals surface area (Å²) in [6.07, 6.45) is 1.18. The third kappa shape index (κ3) is 4.25. The number of phenolic OH excluding ortho intramolecular Hbond substituents is 2. The molecule has 0 saturated heterocycles. The third-order valence-corrected chi connectivity index (χ3v) is 2.25. The van der Waals surface area contributed by atoms with Gasteiger partial charge in [-0.1, -0.05) is 6.07 Å². The molecule has 0 bridgehead atoms. The number of phenols is 2. The van der Waals surface area contributed by atoms with Gasteiger partial charge in [0.2, 0.25) is 0 Å². The summed E-state index contributed by atoms with van der Waals surface area (Å²) in [5, 5.41) is 18.2. The third-order valence-electron chi connectivity index (χ3n) is 1.85. The smallest absolute Gasteiger partial charge is 0.504 e. The first-order chi connectivity index (χ1) is 7.09. The quantitative estimate of drug-likeness (QED) is 0.408. The van der Waals surface area contributed by atoms with Crippen molar-refractivity contribution < 1.29 is 24.2 Å². The average molecular weight is 231 g/mol. The van der Waals surface area contributed by atoms with Gasteiger partial charge in [-0.3, -0.25) is 0 Å². The average Bonchev–Trinajstić information content (AvgIpc) is 2.18. The number of aryl methyl sites for hydroxylation is 1. The standard InChI is InChI=1S/C9H11O5P/c10-8-4-3-7(6-9(8)11)2-1-5-14-15(12)13/h3-4,6H,1-2,5H2,(H2-,10,11,12,13)/p+1. The maximum Gasteiger partial charge on any atom is 0.694 e. The normalized spacial score (nSPS) is 11.4. The van der Waals surface area contributed by atoms with Crippen LogP contribution in [0.4, 0.5) is 0 Å². The molecule has 1 rings (SSSR count). The Morgan fingerprint density at radius 1 is 1.27 bits per heavy atom. The Bertz CT molecular complexity index is 352. The van der Waals surface area contributed by atoms with Crippen molar-refractivity contribution in [3.05, 3.63) is 23.8 Å². The molecule has 0 aliphatic rings. The zero-order valence-corrected chi connectivity index (χ0v) is 8.85. The van der Waals surface area contributed by atoms with Gasteiger partial charge in [-0.15, -0.1) is 9.42 Å². The summed E-state index contributed by atoms with van der Waals surface area (Å²) in [6.45, 7) is 0.188. The number of hydrogen-bond acceptors (Lipinski definition) is 4. The highest BCUT2D eigenvalue weighted by atomic mass is 31.1. The molecule has 1 atom stereocenters. The SMILES string of the molecule is O=[P+](O)OCCCc1ccc(O)c(O)c1. The van der Waals surface area contributed by atoms with E-state index in [1.165, 1.54) is 12.1 Å². The highest BCUT2D eigenvalue weighted by Crippen LogP contribution is 2.25. The maximum atomic E-state index is 10.2. The lowest BCUT2D eigenvalue weighted by molar-refractivity contribution is 0.277. The first-order valence-corrected chi connectivity index (χ1v) is 5.52. The van der Waals surface area contributed by atoms with Crippen molar-refractivity contribution in [3.63, 3.8) is 0 Å². The van der Waals surface area contributed by atoms with Crippen LogP contribution in [0.3, 0.4) is 0 Å². The molecule has 1 aromatic rings. The van der Waals surface area contributed by atoms with Crippen molar-refractivity contribution in [2.75, 3.05) is 6.61 Å². The molecule has 0 spiro atoms. The molecule has 1 unspecified atom stereocenters. The Labute approximate surface area is 87.9 Å². The van der Waals surface area contributed by atoms with E-state index in [-0.39, 0.29) is 18.1 Å². The van der Waals surface area contributed by atoms with Gasteiger partial charge < -0.3 is 10.2 Å². The monoisotopic (exact) mass is 231 g/mol. The van der Waals surface area contributed by atoms with E-state index in [0.717, 1.165) is 5.56 Å². The van der Waals surface area contributed by atoms with E-state index in [1.54, 1.807) is 6.07 Å². The predicted molar refractivity (Wildman–Crippen MR) is 53.9 cm³/mol. The van der Waals surface area contributed by atoms with Crippen LogP contribution in [0, 0.1) is 0 Å². The van der Waals surface area contributed by atoms with Gasteiger partial charge in [0.1, 0.15) is 6.61 Å². The van der Waals surface area contributed by atoms with Gasteiger partial charge in [0.25, 0.3) is 0 Å². The summed E-state index contributed by atoms with van der Waals surface area (Å²) in [7, 11) is -2.53. The fraction of sp³-hybridized carbons (Fsp3) is 0.333. The van der Waals surface area contributed by atoms with Crippen LogP contribution in [-0.2, 0) is 15.5 Å². The zero-order valence-electron chi connectivity index (χ0n) is 7.96. The second kappa shape index (κ2) is 5.66. The van der Waals surface area contributed by atoms with E-state index in [2.05, 4.69) is 4.52 Å². The van der Waals surface area contributed by atoms with Gasteiger partial charge in [-0.05, 0) is 30.5 Å². The Balaban J connectivity index is 2.38. The van der Waals surface area contributed by atoms with Crippen LogP contribution in [0.5, 0.6) is 11.5 Å². The number of benzene rings is 1. The lowest BCUT2D eigenvalue weighted by atomic mass is 10.1. The Kier molecular flexibility index (Phi) is 4.49. The van der Waals surface area contributed by atoms with Crippen LogP contribution in [0.2, 0.25) is 0 Å². The number of aromatic hydroxyl groups is 2. The van der Waals surface area contributed by atoms with Gasteiger partial charge >= 0.3 is 8.25 Å². The topological polar surface area (TPSA) is 87.0 Å². The molecular weight excluding hydrogens is 219 g/mol. The molecule has 0 aliphatic heterocycles. The van der Waals surface area contributed by atoms with Crippen molar-refractivity contribution in [2.24, 2.45) is 0 Å². The molecule has 3 N–H and O–H groups in total. The summed E-state index contributed by atoms with van der Waals surface area (Å²) in [4.78, 5) is 8.34. The maximum absolute atomic E-state index is 10.2. The summed E-state index contributed by atoms with van der Waals surface area (Å²) in [5.74, 6) is -0.324. The van der Waals surface area contributed by atoms with Crippen molar-refractivity contribution in [3.8, 4) is 11.5 Å². The van der Waals surface area contributed by atoms with Crippen LogP contribution in [0.1, 0.15) is 12.0 Å². The highest BCUT2D eigenvalue weighted by molar-refractivity contribution is 7.32. The molecule has 5 nitrogen and oxygen atoms in total. The molecule has 0 fully saturated rings. The molecule has 0 heterocycles. The molecular formula is C9H12O5P+. The van der Waals surface area contributed by atoms with Gasteiger partial charge in [0.05, 0.1) is 0 Å². The van der Waals surface area contributed by atoms with Crippen LogP contribution in [0.15, 0.2) is 18.2 Å². The molecule has 0 aromatic heterocycles. The van der Waals surface area contributed by atoms with Crippen molar-refractivity contribution >= 4 is 8.25 Å². The summed E-state index contributed by atoms with van der Waals surface area (Å²) >= 11 is 0. The van der Waals surface area contributed by atoms with E-state index in [9.17, 15) is 9.67 Å². The number of hydrogen-bond donors (Lipinski definition) is 3. The summed E-state index contributed by atoms with van der Waals surface area (Å²) in [5.41, 5.74) is 0.835. The van der Waals surface area contributed by atoms with E-state index in [0.29, 0.717) is 12.8 Å². The van der Waals surface area contributed by atoms with Gasteiger partial charge in [-0.25, -0.2) is 0 Å². The minimum absolute atomic E-state index is 0.159. The highest BCUT2D eigenvalue weighted by Gasteiger charge is 2.10. The van der Waals surface area contributed by atoms with Crippen LogP contribution < -0.4 is 0 Å². The van der Waals surface area contributed by atoms with Crippen molar-refractivity contribution in [2.45, 2.75) is 12.8 Å². The van der Waals surface area contributed by atoms with Crippen LogP contribution >= 0.6 is 8.25 Å². The van der Waals surface area contributed by atoms with Gasteiger partial charge in [-0.2, -0.15) is 0 Å². The minimum atomic E-state index is -2.53. The van der Waals surface area contributed by atoms with Gasteiger partial charge in [0.15, 0.2) is 11.5 Å². The first kappa shape index (κ1) is 11.9. The molecule has 0 amide bonds. The Morgan fingerprint density at radius 3 is 2.60 bits per heavy atom. The summed E-state index contributed by atoms with van der Waals surface area (Å²) < 4.78 is 14.6. The van der Waals surface area contributed by atoms with E-state index >= 15 is 0 Å². The molecule has 15 heavy (non-hydrogen) atoms. The Morgan fingerprint density at radius 2 is 2.00 bits per heavy atom. The number of rotatable bonds is 5. The fourth-order valence-corrected chi connectivity index (χ4v) is 1.43. The molecule has 6 heteroatoms. The molecule has 0 radical (unpaired) electrons. The molecule has 0 saturated carbocycles. The second-order valence-electron chi connectivity index (χ2n) is 3.00. The van der Waals surface area contributed by atoms with Crippen molar-refractivity contribution in [1.29, 1.82) is 0 Å². The lowest BCUT2D eigenvalue weighted by Crippen LogP contribution is -1.91. The second-order valence-corrected chi connectivity index (χ2v) is 3.73. The fourth-order valence-electron chi connectivity index (χ4n) is 1.14. The molecule has 1 aromatic carbocycles. The largest absolute Gasteiger partial charge is 0.694 e.